The lowest BCUT2D eigenvalue weighted by molar-refractivity contribution is -0.149. The number of phenols is 1. The number of aromatic hydroxyl groups is 1. The number of aryl methyl sites for hydroxylation is 2. The van der Waals surface area contributed by atoms with Crippen molar-refractivity contribution in [3.05, 3.63) is 28.8 Å². The van der Waals surface area contributed by atoms with Crippen LogP contribution < -0.4 is 0 Å². The van der Waals surface area contributed by atoms with Gasteiger partial charge >= 0.3 is 5.97 Å². The van der Waals surface area contributed by atoms with Crippen LogP contribution >= 0.6 is 0 Å². The number of aliphatic carboxylic acids is 1. The first-order valence-electron chi connectivity index (χ1n) is 6.59. The Morgan fingerprint density at radius 3 is 2.10 bits per heavy atom. The van der Waals surface area contributed by atoms with E-state index in [1.54, 1.807) is 26.0 Å². The van der Waals surface area contributed by atoms with Crippen LogP contribution in [0.15, 0.2) is 12.1 Å². The molecule has 1 amide bonds. The molecule has 0 bridgehead atoms. The highest BCUT2D eigenvalue weighted by Gasteiger charge is 2.29. The number of carbonyl (C=O) groups is 2. The average molecular weight is 279 g/mol. The molecule has 5 nitrogen and oxygen atoms in total. The SMILES string of the molecule is CCCN(C(C)=O)C(C(=O)O)c1cc(C)c(O)c(C)c1. The minimum atomic E-state index is -1.07. The lowest BCUT2D eigenvalue weighted by Gasteiger charge is -2.28. The van der Waals surface area contributed by atoms with Gasteiger partial charge in [-0.3, -0.25) is 4.79 Å². The van der Waals surface area contributed by atoms with Crippen LogP contribution in [0.2, 0.25) is 0 Å². The predicted octanol–water partition coefficient (Wildman–Crippen LogP) is 2.39. The minimum Gasteiger partial charge on any atom is -0.507 e. The molecule has 1 atom stereocenters. The molecule has 1 aromatic rings. The van der Waals surface area contributed by atoms with Crippen molar-refractivity contribution < 1.29 is 19.8 Å². The fourth-order valence-electron chi connectivity index (χ4n) is 2.31. The van der Waals surface area contributed by atoms with Crippen molar-refractivity contribution in [2.45, 2.75) is 40.2 Å². The molecular weight excluding hydrogens is 258 g/mol. The molecule has 0 fully saturated rings. The molecule has 110 valence electrons. The van der Waals surface area contributed by atoms with Crippen LogP contribution in [0.3, 0.4) is 0 Å². The van der Waals surface area contributed by atoms with Crippen LogP contribution in [0.5, 0.6) is 5.75 Å². The monoisotopic (exact) mass is 279 g/mol. The average Bonchev–Trinajstić information content (AvgIpc) is 2.34. The van der Waals surface area contributed by atoms with Crippen molar-refractivity contribution in [2.24, 2.45) is 0 Å². The lowest BCUT2D eigenvalue weighted by Crippen LogP contribution is -2.38. The third-order valence-corrected chi connectivity index (χ3v) is 3.24. The summed E-state index contributed by atoms with van der Waals surface area (Å²) in [6.45, 7) is 7.06. The Labute approximate surface area is 118 Å². The summed E-state index contributed by atoms with van der Waals surface area (Å²) in [7, 11) is 0. The summed E-state index contributed by atoms with van der Waals surface area (Å²) >= 11 is 0. The largest absolute Gasteiger partial charge is 0.507 e. The van der Waals surface area contributed by atoms with Gasteiger partial charge in [0, 0.05) is 13.5 Å². The van der Waals surface area contributed by atoms with Gasteiger partial charge in [0.2, 0.25) is 5.91 Å². The fraction of sp³-hybridized carbons (Fsp3) is 0.467. The summed E-state index contributed by atoms with van der Waals surface area (Å²) in [5.41, 5.74) is 1.71. The molecule has 0 aliphatic heterocycles. The molecule has 1 aromatic carbocycles. The summed E-state index contributed by atoms with van der Waals surface area (Å²) in [5, 5.41) is 19.2. The van der Waals surface area contributed by atoms with Crippen LogP contribution in [0.25, 0.3) is 0 Å². The number of rotatable bonds is 5. The van der Waals surface area contributed by atoms with E-state index in [9.17, 15) is 19.8 Å². The van der Waals surface area contributed by atoms with E-state index >= 15 is 0 Å². The Morgan fingerprint density at radius 2 is 1.75 bits per heavy atom. The molecule has 0 aliphatic rings. The van der Waals surface area contributed by atoms with Gasteiger partial charge in [-0.25, -0.2) is 4.79 Å². The summed E-state index contributed by atoms with van der Waals surface area (Å²) in [4.78, 5) is 24.6. The zero-order valence-electron chi connectivity index (χ0n) is 12.3. The second-order valence-corrected chi connectivity index (χ2v) is 4.96. The number of phenolic OH excluding ortho intramolecular Hbond substituents is 1. The quantitative estimate of drug-likeness (QED) is 0.867. The van der Waals surface area contributed by atoms with E-state index < -0.39 is 12.0 Å². The molecule has 0 aliphatic carbocycles. The van der Waals surface area contributed by atoms with Crippen LogP contribution in [0.4, 0.5) is 0 Å². The first-order chi connectivity index (χ1) is 9.29. The number of nitrogens with zero attached hydrogens (tertiary/aromatic N) is 1. The van der Waals surface area contributed by atoms with E-state index in [1.165, 1.54) is 11.8 Å². The van der Waals surface area contributed by atoms with Gasteiger partial charge in [-0.1, -0.05) is 6.92 Å². The number of benzene rings is 1. The van der Waals surface area contributed by atoms with Crippen molar-refractivity contribution in [1.82, 2.24) is 4.90 Å². The Balaban J connectivity index is 3.33. The number of carbonyl (C=O) groups excluding carboxylic acids is 1. The Morgan fingerprint density at radius 1 is 1.25 bits per heavy atom. The third kappa shape index (κ3) is 3.29. The number of hydrogen-bond acceptors (Lipinski definition) is 3. The van der Waals surface area contributed by atoms with Gasteiger partial charge in [-0.15, -0.1) is 0 Å². The van der Waals surface area contributed by atoms with Crippen LogP contribution in [0, 0.1) is 13.8 Å². The van der Waals surface area contributed by atoms with Gasteiger partial charge < -0.3 is 15.1 Å². The maximum atomic E-state index is 11.7. The van der Waals surface area contributed by atoms with Gasteiger partial charge in [0.1, 0.15) is 5.75 Å². The van der Waals surface area contributed by atoms with Crippen molar-refractivity contribution in [3.63, 3.8) is 0 Å². The van der Waals surface area contributed by atoms with E-state index in [0.29, 0.717) is 29.7 Å². The number of hydrogen-bond donors (Lipinski definition) is 2. The number of amides is 1. The second kappa shape index (κ2) is 6.41. The first kappa shape index (κ1) is 16.0. The maximum absolute atomic E-state index is 11.7. The fourth-order valence-corrected chi connectivity index (χ4v) is 2.31. The molecule has 1 unspecified atom stereocenters. The van der Waals surface area contributed by atoms with Crippen LogP contribution in [0.1, 0.15) is 43.0 Å². The molecule has 0 heterocycles. The van der Waals surface area contributed by atoms with Gasteiger partial charge in [-0.2, -0.15) is 0 Å². The van der Waals surface area contributed by atoms with E-state index in [1.807, 2.05) is 6.92 Å². The molecular formula is C15H21NO4. The van der Waals surface area contributed by atoms with Gasteiger partial charge in [0.25, 0.3) is 0 Å². The summed E-state index contributed by atoms with van der Waals surface area (Å²) in [6.07, 6.45) is 0.680. The summed E-state index contributed by atoms with van der Waals surface area (Å²) < 4.78 is 0. The second-order valence-electron chi connectivity index (χ2n) is 4.96. The van der Waals surface area contributed by atoms with Gasteiger partial charge in [-0.05, 0) is 49.1 Å². The molecule has 20 heavy (non-hydrogen) atoms. The van der Waals surface area contributed by atoms with E-state index in [2.05, 4.69) is 0 Å². The molecule has 0 radical (unpaired) electrons. The Kier molecular flexibility index (Phi) is 5.13. The summed E-state index contributed by atoms with van der Waals surface area (Å²) in [5.74, 6) is -1.19. The van der Waals surface area contributed by atoms with Crippen molar-refractivity contribution in [2.75, 3.05) is 6.54 Å². The topological polar surface area (TPSA) is 77.8 Å². The smallest absolute Gasteiger partial charge is 0.331 e. The summed E-state index contributed by atoms with van der Waals surface area (Å²) in [6, 6.07) is 2.21. The van der Waals surface area contributed by atoms with Crippen molar-refractivity contribution in [1.29, 1.82) is 0 Å². The molecule has 0 spiro atoms. The number of carboxylic acids is 1. The number of carboxylic acid groups (broad SMARTS) is 1. The normalized spacial score (nSPS) is 12.0. The van der Waals surface area contributed by atoms with Gasteiger partial charge in [0.15, 0.2) is 6.04 Å². The molecule has 1 rings (SSSR count). The lowest BCUT2D eigenvalue weighted by atomic mass is 9.99. The zero-order chi connectivity index (χ0) is 15.4. The predicted molar refractivity (Wildman–Crippen MR) is 75.6 cm³/mol. The highest BCUT2D eigenvalue weighted by molar-refractivity contribution is 5.83. The Bertz CT molecular complexity index is 502. The van der Waals surface area contributed by atoms with E-state index in [0.717, 1.165) is 0 Å². The van der Waals surface area contributed by atoms with Crippen molar-refractivity contribution in [3.8, 4) is 5.75 Å². The Hall–Kier alpha value is -2.04. The molecule has 0 saturated carbocycles. The minimum absolute atomic E-state index is 0.155. The van der Waals surface area contributed by atoms with Crippen molar-refractivity contribution >= 4 is 11.9 Å². The van der Waals surface area contributed by atoms with E-state index in [-0.39, 0.29) is 11.7 Å². The van der Waals surface area contributed by atoms with Crippen LogP contribution in [-0.2, 0) is 9.59 Å². The molecule has 0 saturated heterocycles. The molecule has 5 heteroatoms. The van der Waals surface area contributed by atoms with Crippen LogP contribution in [-0.4, -0.2) is 33.5 Å². The highest BCUT2D eigenvalue weighted by Crippen LogP contribution is 2.29. The van der Waals surface area contributed by atoms with E-state index in [4.69, 9.17) is 0 Å². The van der Waals surface area contributed by atoms with Gasteiger partial charge in [0.05, 0.1) is 0 Å². The highest BCUT2D eigenvalue weighted by atomic mass is 16.4. The standard InChI is InChI=1S/C15H21NO4/c1-5-6-16(11(4)17)13(15(19)20)12-7-9(2)14(18)10(3)8-12/h7-8,13,18H,5-6H2,1-4H3,(H,19,20). The molecule has 2 N–H and O–H groups in total. The zero-order valence-corrected chi connectivity index (χ0v) is 12.3. The third-order valence-electron chi connectivity index (χ3n) is 3.24. The molecule has 0 aromatic heterocycles. The maximum Gasteiger partial charge on any atom is 0.331 e. The first-order valence-corrected chi connectivity index (χ1v) is 6.59.